The van der Waals surface area contributed by atoms with Crippen molar-refractivity contribution in [2.45, 2.75) is 31.5 Å². The summed E-state index contributed by atoms with van der Waals surface area (Å²) in [7, 11) is 0. The Labute approximate surface area is 122 Å². The summed E-state index contributed by atoms with van der Waals surface area (Å²) in [5.41, 5.74) is 1.09. The van der Waals surface area contributed by atoms with Crippen LogP contribution in [0.5, 0.6) is 0 Å². The number of alkyl halides is 3. The van der Waals surface area contributed by atoms with Crippen molar-refractivity contribution in [3.8, 4) is 0 Å². The summed E-state index contributed by atoms with van der Waals surface area (Å²) in [5.74, 6) is 0. The largest absolute Gasteiger partial charge is 0.416 e. The molecule has 0 bridgehead atoms. The van der Waals surface area contributed by atoms with Gasteiger partial charge in [-0.3, -0.25) is 0 Å². The van der Waals surface area contributed by atoms with Gasteiger partial charge in [0.25, 0.3) is 0 Å². The highest BCUT2D eigenvalue weighted by Crippen LogP contribution is 2.29. The van der Waals surface area contributed by atoms with E-state index >= 15 is 0 Å². The zero-order valence-electron chi connectivity index (χ0n) is 11.5. The second-order valence-electron chi connectivity index (χ2n) is 5.01. The lowest BCUT2D eigenvalue weighted by Gasteiger charge is -2.11. The van der Waals surface area contributed by atoms with Crippen molar-refractivity contribution in [3.05, 3.63) is 71.3 Å². The van der Waals surface area contributed by atoms with Gasteiger partial charge >= 0.3 is 6.18 Å². The minimum atomic E-state index is -4.29. The van der Waals surface area contributed by atoms with E-state index in [9.17, 15) is 18.3 Å². The van der Waals surface area contributed by atoms with Crippen molar-refractivity contribution in [2.75, 3.05) is 0 Å². The first-order valence-electron chi connectivity index (χ1n) is 6.86. The third-order valence-corrected chi connectivity index (χ3v) is 3.41. The molecule has 0 aliphatic rings. The first-order chi connectivity index (χ1) is 9.97. The summed E-state index contributed by atoms with van der Waals surface area (Å²) >= 11 is 0. The molecular weight excluding hydrogens is 277 g/mol. The molecule has 4 heteroatoms. The van der Waals surface area contributed by atoms with Gasteiger partial charge in [-0.2, -0.15) is 13.2 Å². The number of benzene rings is 2. The molecule has 1 nitrogen and oxygen atoms in total. The zero-order chi connectivity index (χ0) is 15.3. The Morgan fingerprint density at radius 1 is 0.905 bits per heavy atom. The third kappa shape index (κ3) is 4.60. The monoisotopic (exact) mass is 294 g/mol. The van der Waals surface area contributed by atoms with E-state index in [1.807, 2.05) is 30.3 Å². The molecule has 1 N–H and O–H groups in total. The molecule has 0 saturated carbocycles. The molecule has 0 heterocycles. The average Bonchev–Trinajstić information content (AvgIpc) is 2.47. The van der Waals surface area contributed by atoms with Crippen LogP contribution < -0.4 is 0 Å². The van der Waals surface area contributed by atoms with Gasteiger partial charge in [-0.15, -0.1) is 0 Å². The van der Waals surface area contributed by atoms with Crippen LogP contribution in [-0.4, -0.2) is 5.11 Å². The summed E-state index contributed by atoms with van der Waals surface area (Å²) in [6, 6.07) is 14.5. The number of aliphatic hydroxyl groups is 1. The summed E-state index contributed by atoms with van der Waals surface area (Å²) in [5, 5.41) is 10.0. The molecule has 1 atom stereocenters. The minimum Gasteiger partial charge on any atom is -0.388 e. The Kier molecular flexibility index (Phi) is 5.02. The fraction of sp³-hybridized carbons (Fsp3) is 0.294. The summed E-state index contributed by atoms with van der Waals surface area (Å²) in [4.78, 5) is 0. The van der Waals surface area contributed by atoms with Crippen LogP contribution in [0.1, 0.15) is 35.6 Å². The maximum atomic E-state index is 12.4. The Bertz CT molecular complexity index is 546. The van der Waals surface area contributed by atoms with Gasteiger partial charge in [0.1, 0.15) is 0 Å². The maximum absolute atomic E-state index is 12.4. The number of hydrogen-bond donors (Lipinski definition) is 1. The molecule has 0 radical (unpaired) electrons. The van der Waals surface area contributed by atoms with E-state index in [-0.39, 0.29) is 0 Å². The normalized spacial score (nSPS) is 13.1. The van der Waals surface area contributed by atoms with Crippen molar-refractivity contribution in [2.24, 2.45) is 0 Å². The summed E-state index contributed by atoms with van der Waals surface area (Å²) in [6.07, 6.45) is -2.85. The van der Waals surface area contributed by atoms with Gasteiger partial charge in [0.05, 0.1) is 11.7 Å². The van der Waals surface area contributed by atoms with E-state index in [1.165, 1.54) is 12.1 Å². The highest BCUT2D eigenvalue weighted by atomic mass is 19.4. The van der Waals surface area contributed by atoms with Gasteiger partial charge in [0.15, 0.2) is 0 Å². The standard InChI is InChI=1S/C17H17F3O/c18-17(19,20)15-11-9-13(10-12-15)5-4-8-16(21)14-6-2-1-3-7-14/h1-3,6-7,9-12,16,21H,4-5,8H2. The molecule has 0 amide bonds. The third-order valence-electron chi connectivity index (χ3n) is 3.41. The van der Waals surface area contributed by atoms with Crippen molar-refractivity contribution in [3.63, 3.8) is 0 Å². The van der Waals surface area contributed by atoms with Crippen LogP contribution in [0.25, 0.3) is 0 Å². The number of hydrogen-bond acceptors (Lipinski definition) is 1. The predicted molar refractivity (Wildman–Crippen MR) is 75.8 cm³/mol. The fourth-order valence-corrected chi connectivity index (χ4v) is 2.20. The zero-order valence-corrected chi connectivity index (χ0v) is 11.5. The maximum Gasteiger partial charge on any atom is 0.416 e. The molecule has 21 heavy (non-hydrogen) atoms. The van der Waals surface area contributed by atoms with Crippen LogP contribution in [0.2, 0.25) is 0 Å². The number of halogens is 3. The van der Waals surface area contributed by atoms with E-state index in [0.717, 1.165) is 29.7 Å². The lowest BCUT2D eigenvalue weighted by Crippen LogP contribution is -2.04. The van der Waals surface area contributed by atoms with E-state index in [0.29, 0.717) is 12.8 Å². The van der Waals surface area contributed by atoms with E-state index in [1.54, 1.807) is 0 Å². The van der Waals surface area contributed by atoms with Crippen LogP contribution in [-0.2, 0) is 12.6 Å². The second-order valence-corrected chi connectivity index (χ2v) is 5.01. The number of aryl methyl sites for hydroxylation is 1. The molecule has 0 aliphatic carbocycles. The molecule has 2 aromatic rings. The SMILES string of the molecule is OC(CCCc1ccc(C(F)(F)F)cc1)c1ccccc1. The molecular formula is C17H17F3O. The Balaban J connectivity index is 1.84. The first-order valence-corrected chi connectivity index (χ1v) is 6.86. The average molecular weight is 294 g/mol. The van der Waals surface area contributed by atoms with Gasteiger partial charge < -0.3 is 5.11 Å². The minimum absolute atomic E-state index is 0.527. The summed E-state index contributed by atoms with van der Waals surface area (Å²) in [6.45, 7) is 0. The highest BCUT2D eigenvalue weighted by Gasteiger charge is 2.29. The first kappa shape index (κ1) is 15.6. The van der Waals surface area contributed by atoms with Gasteiger partial charge in [-0.1, -0.05) is 42.5 Å². The van der Waals surface area contributed by atoms with E-state index in [2.05, 4.69) is 0 Å². The van der Waals surface area contributed by atoms with Crippen molar-refractivity contribution in [1.29, 1.82) is 0 Å². The molecule has 112 valence electrons. The van der Waals surface area contributed by atoms with Gasteiger partial charge in [-0.25, -0.2) is 0 Å². The Morgan fingerprint density at radius 2 is 1.52 bits per heavy atom. The van der Waals surface area contributed by atoms with Crippen LogP contribution in [0.15, 0.2) is 54.6 Å². The Hall–Kier alpha value is -1.81. The fourth-order valence-electron chi connectivity index (χ4n) is 2.20. The molecule has 1 unspecified atom stereocenters. The number of aliphatic hydroxyl groups excluding tert-OH is 1. The quantitative estimate of drug-likeness (QED) is 0.842. The highest BCUT2D eigenvalue weighted by molar-refractivity contribution is 5.24. The lowest BCUT2D eigenvalue weighted by molar-refractivity contribution is -0.137. The molecule has 2 aromatic carbocycles. The predicted octanol–water partition coefficient (Wildman–Crippen LogP) is 4.76. The smallest absolute Gasteiger partial charge is 0.388 e. The molecule has 0 aliphatic heterocycles. The second kappa shape index (κ2) is 6.76. The Morgan fingerprint density at radius 3 is 2.10 bits per heavy atom. The molecule has 0 aromatic heterocycles. The van der Waals surface area contributed by atoms with Crippen LogP contribution in [0.3, 0.4) is 0 Å². The van der Waals surface area contributed by atoms with Crippen molar-refractivity contribution < 1.29 is 18.3 Å². The molecule has 0 spiro atoms. The topological polar surface area (TPSA) is 20.2 Å². The lowest BCUT2D eigenvalue weighted by atomic mass is 10.0. The van der Waals surface area contributed by atoms with Crippen LogP contribution in [0, 0.1) is 0 Å². The van der Waals surface area contributed by atoms with Crippen LogP contribution >= 0.6 is 0 Å². The summed E-state index contributed by atoms with van der Waals surface area (Å²) < 4.78 is 37.3. The van der Waals surface area contributed by atoms with Gasteiger partial charge in [0, 0.05) is 0 Å². The van der Waals surface area contributed by atoms with E-state index < -0.39 is 17.8 Å². The molecule has 0 fully saturated rings. The van der Waals surface area contributed by atoms with Crippen molar-refractivity contribution in [1.82, 2.24) is 0 Å². The number of rotatable bonds is 5. The van der Waals surface area contributed by atoms with Crippen molar-refractivity contribution >= 4 is 0 Å². The van der Waals surface area contributed by atoms with Gasteiger partial charge in [0.2, 0.25) is 0 Å². The van der Waals surface area contributed by atoms with Gasteiger partial charge in [-0.05, 0) is 42.5 Å². The van der Waals surface area contributed by atoms with E-state index in [4.69, 9.17) is 0 Å². The molecule has 0 saturated heterocycles. The van der Waals surface area contributed by atoms with Crippen LogP contribution in [0.4, 0.5) is 13.2 Å². The molecule has 2 rings (SSSR count).